The molecule has 0 saturated carbocycles. The smallest absolute Gasteiger partial charge is 0.0705 e. The van der Waals surface area contributed by atoms with Gasteiger partial charge in [-0.1, -0.05) is 57.1 Å². The molecule has 0 bridgehead atoms. The Morgan fingerprint density at radius 3 is 1.62 bits per heavy atom. The second-order valence-electron chi connectivity index (χ2n) is 6.94. The zero-order chi connectivity index (χ0) is 12.9. The van der Waals surface area contributed by atoms with E-state index in [0.29, 0.717) is 11.0 Å². The third-order valence-corrected chi connectivity index (χ3v) is 11.1. The summed E-state index contributed by atoms with van der Waals surface area (Å²) >= 11 is 0. The first-order chi connectivity index (χ1) is 7.01. The van der Waals surface area contributed by atoms with Gasteiger partial charge in [0.05, 0.1) is 8.07 Å². The van der Waals surface area contributed by atoms with Crippen molar-refractivity contribution < 1.29 is 0 Å². The molecule has 1 atom stereocenters. The maximum Gasteiger partial charge on any atom is 0.0819 e. The molecule has 0 spiro atoms. The van der Waals surface area contributed by atoms with Gasteiger partial charge >= 0.3 is 0 Å². The van der Waals surface area contributed by atoms with Gasteiger partial charge in [-0.15, -0.1) is 0 Å². The van der Waals surface area contributed by atoms with Crippen molar-refractivity contribution in [1.29, 1.82) is 0 Å². The molecule has 92 valence electrons. The van der Waals surface area contributed by atoms with Crippen LogP contribution < -0.4 is 0 Å². The van der Waals surface area contributed by atoms with E-state index in [9.17, 15) is 0 Å². The van der Waals surface area contributed by atoms with E-state index in [2.05, 4.69) is 61.6 Å². The van der Waals surface area contributed by atoms with E-state index in [-0.39, 0.29) is 0 Å². The Balaban J connectivity index is 3.29. The van der Waals surface area contributed by atoms with Crippen LogP contribution in [0.1, 0.15) is 48.5 Å². The van der Waals surface area contributed by atoms with Crippen molar-refractivity contribution in [2.24, 2.45) is 5.92 Å². The summed E-state index contributed by atoms with van der Waals surface area (Å²) < 4.78 is 0. The molecule has 0 N–H and O–H groups in total. The Morgan fingerprint density at radius 1 is 0.938 bits per heavy atom. The van der Waals surface area contributed by atoms with Crippen molar-refractivity contribution in [2.45, 2.75) is 66.6 Å². The van der Waals surface area contributed by atoms with Crippen LogP contribution in [0.2, 0.25) is 18.1 Å². The average Bonchev–Trinajstić information content (AvgIpc) is 2.29. The van der Waals surface area contributed by atoms with Gasteiger partial charge in [0.25, 0.3) is 0 Å². The van der Waals surface area contributed by atoms with E-state index in [0.717, 1.165) is 0 Å². The van der Waals surface area contributed by atoms with Crippen LogP contribution in [-0.2, 0) is 0 Å². The fourth-order valence-electron chi connectivity index (χ4n) is 2.78. The van der Waals surface area contributed by atoms with Crippen LogP contribution in [-0.4, -0.2) is 8.07 Å². The summed E-state index contributed by atoms with van der Waals surface area (Å²) in [6, 6.07) is 0. The predicted octanol–water partition coefficient (Wildman–Crippen LogP) is 5.34. The summed E-state index contributed by atoms with van der Waals surface area (Å²) in [5.74, 6) is 0.681. The maximum atomic E-state index is 2.54. The Kier molecular flexibility index (Phi) is 3.33. The van der Waals surface area contributed by atoms with Gasteiger partial charge in [0.1, 0.15) is 0 Å². The van der Waals surface area contributed by atoms with Gasteiger partial charge in [-0.3, -0.25) is 0 Å². The number of hydrogen-bond donors (Lipinski definition) is 0. The van der Waals surface area contributed by atoms with Crippen LogP contribution in [0.3, 0.4) is 0 Å². The molecular formula is C15H28Si. The van der Waals surface area contributed by atoms with Gasteiger partial charge < -0.3 is 0 Å². The highest BCUT2D eigenvalue weighted by atomic mass is 28.3. The second kappa shape index (κ2) is 3.87. The van der Waals surface area contributed by atoms with Crippen LogP contribution in [0.5, 0.6) is 0 Å². The molecule has 1 rings (SSSR count). The minimum atomic E-state index is -1.34. The van der Waals surface area contributed by atoms with Gasteiger partial charge in [0, 0.05) is 0 Å². The van der Waals surface area contributed by atoms with Crippen LogP contribution in [0.25, 0.3) is 0 Å². The zero-order valence-corrected chi connectivity index (χ0v) is 13.6. The number of hydrogen-bond acceptors (Lipinski definition) is 0. The normalized spacial score (nSPS) is 23.4. The molecule has 1 unspecified atom stereocenters. The molecule has 0 saturated heterocycles. The standard InChI is InChI=1S/C15H28Si/c1-10-11(2)13(4)14(12(10)3)16(8,9)15(5,6)7/h12H,1-9H3. The molecule has 1 aliphatic rings. The molecule has 16 heavy (non-hydrogen) atoms. The van der Waals surface area contributed by atoms with Crippen molar-refractivity contribution in [3.8, 4) is 0 Å². The van der Waals surface area contributed by atoms with Crippen molar-refractivity contribution in [1.82, 2.24) is 0 Å². The molecule has 0 fully saturated rings. The van der Waals surface area contributed by atoms with Crippen molar-refractivity contribution in [2.75, 3.05) is 0 Å². The third-order valence-electron chi connectivity index (χ3n) is 5.19. The van der Waals surface area contributed by atoms with Crippen LogP contribution in [0.15, 0.2) is 21.9 Å². The lowest BCUT2D eigenvalue weighted by Gasteiger charge is -2.41. The Morgan fingerprint density at radius 2 is 1.38 bits per heavy atom. The second-order valence-corrected chi connectivity index (χ2v) is 12.2. The molecular weight excluding hydrogens is 208 g/mol. The Labute approximate surface area is 103 Å². The molecule has 0 radical (unpaired) electrons. The molecule has 0 aliphatic heterocycles. The van der Waals surface area contributed by atoms with E-state index in [4.69, 9.17) is 0 Å². The lowest BCUT2D eigenvalue weighted by molar-refractivity contribution is 0.710. The quantitative estimate of drug-likeness (QED) is 0.539. The van der Waals surface area contributed by atoms with E-state index < -0.39 is 8.07 Å². The Hall–Kier alpha value is -0.303. The first-order valence-corrected chi connectivity index (χ1v) is 9.40. The monoisotopic (exact) mass is 236 g/mol. The van der Waals surface area contributed by atoms with Crippen molar-refractivity contribution >= 4 is 8.07 Å². The van der Waals surface area contributed by atoms with Crippen molar-refractivity contribution in [3.63, 3.8) is 0 Å². The predicted molar refractivity (Wildman–Crippen MR) is 77.4 cm³/mol. The maximum absolute atomic E-state index is 2.54. The first-order valence-electron chi connectivity index (χ1n) is 6.40. The summed E-state index contributed by atoms with van der Waals surface area (Å²) in [4.78, 5) is 0. The van der Waals surface area contributed by atoms with Crippen molar-refractivity contribution in [3.05, 3.63) is 21.9 Å². The molecule has 0 nitrogen and oxygen atoms in total. The summed E-state index contributed by atoms with van der Waals surface area (Å²) in [6.45, 7) is 21.6. The highest BCUT2D eigenvalue weighted by Gasteiger charge is 2.43. The SMILES string of the molecule is CC1=C(C)C(C)C([Si](C)(C)C(C)(C)C)=C1C. The number of allylic oxidation sites excluding steroid dienone is 4. The van der Waals surface area contributed by atoms with Crippen LogP contribution >= 0.6 is 0 Å². The van der Waals surface area contributed by atoms with Gasteiger partial charge in [-0.05, 0) is 37.3 Å². The van der Waals surface area contributed by atoms with E-state index in [1.165, 1.54) is 0 Å². The molecule has 0 aromatic heterocycles. The summed E-state index contributed by atoms with van der Waals surface area (Å²) in [6.07, 6.45) is 0. The van der Waals surface area contributed by atoms with Gasteiger partial charge in [-0.25, -0.2) is 0 Å². The zero-order valence-electron chi connectivity index (χ0n) is 12.6. The molecule has 0 aromatic rings. The molecule has 1 aliphatic carbocycles. The summed E-state index contributed by atoms with van der Waals surface area (Å²) in [5, 5.41) is 2.23. The molecule has 1 heteroatoms. The third kappa shape index (κ3) is 1.83. The first kappa shape index (κ1) is 13.8. The van der Waals surface area contributed by atoms with E-state index >= 15 is 0 Å². The van der Waals surface area contributed by atoms with Gasteiger partial charge in [-0.2, -0.15) is 0 Å². The fourth-order valence-corrected chi connectivity index (χ4v) is 6.01. The molecule has 0 amide bonds. The minimum Gasteiger partial charge on any atom is -0.0705 e. The number of rotatable bonds is 1. The lowest BCUT2D eigenvalue weighted by atomic mass is 10.1. The molecule has 0 heterocycles. The van der Waals surface area contributed by atoms with Crippen LogP contribution in [0.4, 0.5) is 0 Å². The lowest BCUT2D eigenvalue weighted by Crippen LogP contribution is -2.41. The topological polar surface area (TPSA) is 0 Å². The van der Waals surface area contributed by atoms with Gasteiger partial charge in [0.15, 0.2) is 0 Å². The minimum absolute atomic E-state index is 0.447. The summed E-state index contributed by atoms with van der Waals surface area (Å²) in [5.41, 5.74) is 4.74. The highest BCUT2D eigenvalue weighted by molar-refractivity contribution is 6.87. The summed E-state index contributed by atoms with van der Waals surface area (Å²) in [7, 11) is -1.34. The van der Waals surface area contributed by atoms with Crippen LogP contribution in [0, 0.1) is 5.92 Å². The Bertz CT molecular complexity index is 361. The molecule has 0 aromatic carbocycles. The fraction of sp³-hybridized carbons (Fsp3) is 0.733. The van der Waals surface area contributed by atoms with E-state index in [1.807, 2.05) is 0 Å². The highest BCUT2D eigenvalue weighted by Crippen LogP contribution is 2.49. The van der Waals surface area contributed by atoms with Gasteiger partial charge in [0.2, 0.25) is 0 Å². The average molecular weight is 236 g/mol. The largest absolute Gasteiger partial charge is 0.0819 e. The van der Waals surface area contributed by atoms with E-state index in [1.54, 1.807) is 21.9 Å².